The Labute approximate surface area is 159 Å². The Kier molecular flexibility index (Phi) is 7.95. The lowest BCUT2D eigenvalue weighted by molar-refractivity contribution is -0.153. The Morgan fingerprint density at radius 1 is 1.33 bits per heavy atom. The van der Waals surface area contributed by atoms with Crippen LogP contribution in [0.15, 0.2) is 24.3 Å². The van der Waals surface area contributed by atoms with Crippen molar-refractivity contribution in [1.29, 1.82) is 0 Å². The van der Waals surface area contributed by atoms with Gasteiger partial charge in [0.25, 0.3) is 0 Å². The van der Waals surface area contributed by atoms with Gasteiger partial charge in [-0.05, 0) is 43.9 Å². The number of benzene rings is 1. The van der Waals surface area contributed by atoms with E-state index in [0.717, 1.165) is 31.2 Å². The molecule has 1 aromatic carbocycles. The Bertz CT molecular complexity index is 607. The molecule has 2 unspecified atom stereocenters. The molecule has 1 aliphatic rings. The molecular weight excluding hydrogens is 357 g/mol. The smallest absolute Gasteiger partial charge is 0.422 e. The number of carbonyl (C=O) groups excluding carboxylic acids is 1. The predicted molar refractivity (Wildman–Crippen MR) is 98.5 cm³/mol. The molecule has 1 saturated heterocycles. The Morgan fingerprint density at radius 3 is 2.81 bits per heavy atom. The number of nitrogens with zero attached hydrogens (tertiary/aromatic N) is 1. The molecule has 0 saturated carbocycles. The number of piperidine rings is 1. The molecule has 2 rings (SSSR count). The molecule has 1 amide bonds. The molecular formula is C20H29F3N2O2. The quantitative estimate of drug-likeness (QED) is 0.683. The lowest BCUT2D eigenvalue weighted by atomic mass is 9.92. The zero-order valence-electron chi connectivity index (χ0n) is 16.0. The van der Waals surface area contributed by atoms with Gasteiger partial charge in [0.2, 0.25) is 5.91 Å². The van der Waals surface area contributed by atoms with E-state index in [1.54, 1.807) is 12.1 Å². The van der Waals surface area contributed by atoms with Crippen molar-refractivity contribution in [3.8, 4) is 5.75 Å². The summed E-state index contributed by atoms with van der Waals surface area (Å²) < 4.78 is 41.8. The lowest BCUT2D eigenvalue weighted by Crippen LogP contribution is -2.46. The minimum absolute atomic E-state index is 0.0391. The maximum Gasteiger partial charge on any atom is 0.422 e. The average molecular weight is 386 g/mol. The van der Waals surface area contributed by atoms with Crippen LogP contribution in [0.1, 0.15) is 45.1 Å². The number of hydrogen-bond donors (Lipinski definition) is 1. The normalized spacial score (nSPS) is 21.1. The van der Waals surface area contributed by atoms with Gasteiger partial charge >= 0.3 is 6.18 Å². The van der Waals surface area contributed by atoms with Gasteiger partial charge in [0.05, 0.1) is 5.92 Å². The Morgan fingerprint density at radius 2 is 2.11 bits per heavy atom. The van der Waals surface area contributed by atoms with Crippen molar-refractivity contribution in [2.75, 3.05) is 19.7 Å². The van der Waals surface area contributed by atoms with E-state index in [1.165, 1.54) is 6.07 Å². The molecule has 1 aliphatic heterocycles. The van der Waals surface area contributed by atoms with Crippen molar-refractivity contribution in [1.82, 2.24) is 10.2 Å². The van der Waals surface area contributed by atoms with Crippen LogP contribution >= 0.6 is 0 Å². The number of nitrogens with one attached hydrogen (secondary N) is 1. The van der Waals surface area contributed by atoms with Crippen molar-refractivity contribution < 1.29 is 22.7 Å². The topological polar surface area (TPSA) is 41.6 Å². The zero-order chi connectivity index (χ0) is 19.9. The highest BCUT2D eigenvalue weighted by Gasteiger charge is 2.30. The van der Waals surface area contributed by atoms with E-state index < -0.39 is 12.8 Å². The second-order valence-electron chi connectivity index (χ2n) is 7.25. The third-order valence-corrected chi connectivity index (χ3v) is 4.90. The molecule has 7 heteroatoms. The fourth-order valence-corrected chi connectivity index (χ4v) is 3.28. The van der Waals surface area contributed by atoms with Gasteiger partial charge in [-0.25, -0.2) is 0 Å². The summed E-state index contributed by atoms with van der Waals surface area (Å²) in [5.74, 6) is 0.272. The van der Waals surface area contributed by atoms with E-state index in [1.807, 2.05) is 6.07 Å². The number of amides is 1. The van der Waals surface area contributed by atoms with Gasteiger partial charge in [0.15, 0.2) is 6.61 Å². The molecule has 0 aliphatic carbocycles. The van der Waals surface area contributed by atoms with Crippen LogP contribution in [0.25, 0.3) is 0 Å². The SMILES string of the molecule is CCCCNC(=O)C1CCC(C)N(Cc2cccc(OCC(F)(F)F)c2)C1. The van der Waals surface area contributed by atoms with Crippen LogP contribution < -0.4 is 10.1 Å². The van der Waals surface area contributed by atoms with E-state index in [9.17, 15) is 18.0 Å². The van der Waals surface area contributed by atoms with Crippen LogP contribution in [0.3, 0.4) is 0 Å². The molecule has 0 radical (unpaired) electrons. The lowest BCUT2D eigenvalue weighted by Gasteiger charge is -2.37. The summed E-state index contributed by atoms with van der Waals surface area (Å²) in [7, 11) is 0. The third kappa shape index (κ3) is 7.40. The number of hydrogen-bond acceptors (Lipinski definition) is 3. The van der Waals surface area contributed by atoms with E-state index in [2.05, 4.69) is 24.1 Å². The Balaban J connectivity index is 1.93. The molecule has 1 aromatic rings. The first-order chi connectivity index (χ1) is 12.8. The maximum absolute atomic E-state index is 12.3. The second-order valence-corrected chi connectivity index (χ2v) is 7.25. The second kappa shape index (κ2) is 9.97. The van der Waals surface area contributed by atoms with Gasteiger partial charge < -0.3 is 10.1 Å². The van der Waals surface area contributed by atoms with Gasteiger partial charge in [-0.1, -0.05) is 25.5 Å². The number of halogens is 3. The molecule has 4 nitrogen and oxygen atoms in total. The van der Waals surface area contributed by atoms with Gasteiger partial charge in [-0.2, -0.15) is 13.2 Å². The van der Waals surface area contributed by atoms with Crippen molar-refractivity contribution in [3.05, 3.63) is 29.8 Å². The van der Waals surface area contributed by atoms with Crippen molar-refractivity contribution >= 4 is 5.91 Å². The summed E-state index contributed by atoms with van der Waals surface area (Å²) in [6, 6.07) is 7.06. The molecule has 1 N–H and O–H groups in total. The molecule has 0 aromatic heterocycles. The van der Waals surface area contributed by atoms with Crippen LogP contribution in [0, 0.1) is 5.92 Å². The average Bonchev–Trinajstić information content (AvgIpc) is 2.62. The Hall–Kier alpha value is -1.76. The largest absolute Gasteiger partial charge is 0.484 e. The number of ether oxygens (including phenoxy) is 1. The third-order valence-electron chi connectivity index (χ3n) is 4.90. The minimum Gasteiger partial charge on any atom is -0.484 e. The number of rotatable bonds is 8. The van der Waals surface area contributed by atoms with Crippen molar-refractivity contribution in [2.24, 2.45) is 5.92 Å². The highest BCUT2D eigenvalue weighted by Crippen LogP contribution is 2.25. The molecule has 152 valence electrons. The molecule has 2 atom stereocenters. The van der Waals surface area contributed by atoms with E-state index in [0.29, 0.717) is 25.7 Å². The van der Waals surface area contributed by atoms with Crippen molar-refractivity contribution in [3.63, 3.8) is 0 Å². The van der Waals surface area contributed by atoms with E-state index >= 15 is 0 Å². The number of unbranched alkanes of at least 4 members (excludes halogenated alkanes) is 1. The minimum atomic E-state index is -4.35. The van der Waals surface area contributed by atoms with Crippen LogP contribution in [-0.2, 0) is 11.3 Å². The fraction of sp³-hybridized carbons (Fsp3) is 0.650. The van der Waals surface area contributed by atoms with Crippen LogP contribution in [0.2, 0.25) is 0 Å². The summed E-state index contributed by atoms with van der Waals surface area (Å²) in [6.45, 7) is 4.87. The summed E-state index contributed by atoms with van der Waals surface area (Å²) in [4.78, 5) is 14.6. The summed E-state index contributed by atoms with van der Waals surface area (Å²) in [6.07, 6.45) is -0.541. The molecule has 1 fully saturated rings. The zero-order valence-corrected chi connectivity index (χ0v) is 16.0. The van der Waals surface area contributed by atoms with Crippen molar-refractivity contribution in [2.45, 2.75) is 58.3 Å². The standard InChI is InChI=1S/C20H29F3N2O2/c1-3-4-10-24-19(26)17-9-8-15(2)25(13-17)12-16-6-5-7-18(11-16)27-14-20(21,22)23/h5-7,11,15,17H,3-4,8-10,12-14H2,1-2H3,(H,24,26). The van der Waals surface area contributed by atoms with Gasteiger partial charge in [-0.3, -0.25) is 9.69 Å². The number of alkyl halides is 3. The molecule has 0 bridgehead atoms. The van der Waals surface area contributed by atoms with Gasteiger partial charge in [-0.15, -0.1) is 0 Å². The highest BCUT2D eigenvalue weighted by molar-refractivity contribution is 5.78. The molecule has 1 heterocycles. The van der Waals surface area contributed by atoms with Gasteiger partial charge in [0.1, 0.15) is 5.75 Å². The first-order valence-electron chi connectivity index (χ1n) is 9.58. The number of carbonyl (C=O) groups is 1. The van der Waals surface area contributed by atoms with Crippen LogP contribution in [0.4, 0.5) is 13.2 Å². The molecule has 0 spiro atoms. The first-order valence-corrected chi connectivity index (χ1v) is 9.58. The summed E-state index contributed by atoms with van der Waals surface area (Å²) in [5.41, 5.74) is 0.883. The van der Waals surface area contributed by atoms with Crippen LogP contribution in [-0.4, -0.2) is 42.7 Å². The van der Waals surface area contributed by atoms with Gasteiger partial charge in [0, 0.05) is 25.7 Å². The highest BCUT2D eigenvalue weighted by atomic mass is 19.4. The summed E-state index contributed by atoms with van der Waals surface area (Å²) in [5, 5.41) is 3.00. The maximum atomic E-state index is 12.3. The molecule has 27 heavy (non-hydrogen) atoms. The monoisotopic (exact) mass is 386 g/mol. The van der Waals surface area contributed by atoms with E-state index in [4.69, 9.17) is 4.74 Å². The predicted octanol–water partition coefficient (Wildman–Crippen LogP) is 4.14. The van der Waals surface area contributed by atoms with E-state index in [-0.39, 0.29) is 17.6 Å². The fourth-order valence-electron chi connectivity index (χ4n) is 3.28. The van der Waals surface area contributed by atoms with Crippen LogP contribution in [0.5, 0.6) is 5.75 Å². The number of likely N-dealkylation sites (tertiary alicyclic amines) is 1. The summed E-state index contributed by atoms with van der Waals surface area (Å²) >= 11 is 0. The first kappa shape index (κ1) is 21.5.